The van der Waals surface area contributed by atoms with E-state index in [4.69, 9.17) is 9.47 Å². The first kappa shape index (κ1) is 16.1. The number of phenols is 2. The van der Waals surface area contributed by atoms with E-state index in [2.05, 4.69) is 0 Å². The zero-order valence-electron chi connectivity index (χ0n) is 14.5. The molecule has 0 spiro atoms. The molecule has 4 heteroatoms. The number of rotatable bonds is 3. The van der Waals surface area contributed by atoms with Gasteiger partial charge in [-0.1, -0.05) is 12.1 Å². The Morgan fingerprint density at radius 1 is 0.577 bits per heavy atom. The lowest BCUT2D eigenvalue weighted by Crippen LogP contribution is -1.87. The van der Waals surface area contributed by atoms with E-state index < -0.39 is 0 Å². The van der Waals surface area contributed by atoms with Gasteiger partial charge in [-0.3, -0.25) is 0 Å². The molecule has 130 valence electrons. The Morgan fingerprint density at radius 3 is 1.38 bits per heavy atom. The summed E-state index contributed by atoms with van der Waals surface area (Å²) in [6.07, 6.45) is 0. The van der Waals surface area contributed by atoms with Crippen molar-refractivity contribution in [2.45, 2.75) is 0 Å². The van der Waals surface area contributed by atoms with E-state index >= 15 is 0 Å². The summed E-state index contributed by atoms with van der Waals surface area (Å²) in [6, 6.07) is 18.4. The van der Waals surface area contributed by atoms with Gasteiger partial charge in [0, 0.05) is 21.9 Å². The predicted octanol–water partition coefficient (Wildman–Crippen LogP) is 5.09. The minimum absolute atomic E-state index is 0.133. The largest absolute Gasteiger partial charge is 0.507 e. The van der Waals surface area contributed by atoms with Crippen molar-refractivity contribution in [2.24, 2.45) is 0 Å². The molecular formula is C22H18O4. The van der Waals surface area contributed by atoms with Gasteiger partial charge in [0.05, 0.1) is 14.2 Å². The molecule has 0 aromatic heterocycles. The van der Waals surface area contributed by atoms with Crippen LogP contribution in [0.2, 0.25) is 0 Å². The molecular weight excluding hydrogens is 328 g/mol. The maximum absolute atomic E-state index is 10.8. The summed E-state index contributed by atoms with van der Waals surface area (Å²) in [7, 11) is 3.22. The quantitative estimate of drug-likeness (QED) is 0.542. The molecule has 2 N–H and O–H groups in total. The zero-order valence-corrected chi connectivity index (χ0v) is 14.5. The minimum Gasteiger partial charge on any atom is -0.507 e. The lowest BCUT2D eigenvalue weighted by Gasteiger charge is -2.13. The molecule has 0 aliphatic carbocycles. The Kier molecular flexibility index (Phi) is 3.81. The summed E-state index contributed by atoms with van der Waals surface area (Å²) in [5.41, 5.74) is 1.16. The maximum atomic E-state index is 10.8. The highest BCUT2D eigenvalue weighted by Gasteiger charge is 2.15. The third-order valence-electron chi connectivity index (χ3n) is 4.69. The lowest BCUT2D eigenvalue weighted by atomic mass is 9.96. The average Bonchev–Trinajstić information content (AvgIpc) is 2.68. The number of fused-ring (bicyclic) bond motifs is 2. The van der Waals surface area contributed by atoms with Crippen LogP contribution in [0, 0.1) is 0 Å². The van der Waals surface area contributed by atoms with Gasteiger partial charge in [0.25, 0.3) is 0 Å². The van der Waals surface area contributed by atoms with Crippen LogP contribution in [0.3, 0.4) is 0 Å². The smallest absolute Gasteiger partial charge is 0.131 e. The second-order valence-electron chi connectivity index (χ2n) is 6.10. The van der Waals surface area contributed by atoms with Gasteiger partial charge >= 0.3 is 0 Å². The van der Waals surface area contributed by atoms with Crippen molar-refractivity contribution in [3.63, 3.8) is 0 Å². The van der Waals surface area contributed by atoms with Crippen molar-refractivity contribution in [3.05, 3.63) is 60.7 Å². The van der Waals surface area contributed by atoms with Crippen molar-refractivity contribution >= 4 is 21.5 Å². The summed E-state index contributed by atoms with van der Waals surface area (Å²) < 4.78 is 10.5. The van der Waals surface area contributed by atoms with Crippen LogP contribution in [0.25, 0.3) is 32.7 Å². The molecule has 0 amide bonds. The van der Waals surface area contributed by atoms with Gasteiger partial charge in [-0.05, 0) is 59.3 Å². The van der Waals surface area contributed by atoms with E-state index in [1.807, 2.05) is 48.5 Å². The molecule has 0 aliphatic rings. The van der Waals surface area contributed by atoms with Crippen LogP contribution < -0.4 is 9.47 Å². The van der Waals surface area contributed by atoms with E-state index in [0.717, 1.165) is 22.3 Å². The van der Waals surface area contributed by atoms with Crippen LogP contribution in [0.15, 0.2) is 60.7 Å². The van der Waals surface area contributed by atoms with E-state index in [9.17, 15) is 10.2 Å². The molecule has 0 atom stereocenters. The van der Waals surface area contributed by atoms with Crippen molar-refractivity contribution in [1.82, 2.24) is 0 Å². The van der Waals surface area contributed by atoms with Gasteiger partial charge in [-0.15, -0.1) is 0 Å². The van der Waals surface area contributed by atoms with E-state index in [0.29, 0.717) is 21.9 Å². The van der Waals surface area contributed by atoms with Gasteiger partial charge < -0.3 is 19.7 Å². The first-order valence-corrected chi connectivity index (χ1v) is 8.22. The number of hydrogen-bond donors (Lipinski definition) is 2. The fourth-order valence-electron chi connectivity index (χ4n) is 3.27. The highest BCUT2D eigenvalue weighted by atomic mass is 16.5. The van der Waals surface area contributed by atoms with Crippen LogP contribution in [-0.4, -0.2) is 24.4 Å². The molecule has 0 aliphatic heterocycles. The van der Waals surface area contributed by atoms with Crippen molar-refractivity contribution in [3.8, 4) is 34.1 Å². The van der Waals surface area contributed by atoms with Crippen LogP contribution >= 0.6 is 0 Å². The van der Waals surface area contributed by atoms with Crippen molar-refractivity contribution in [1.29, 1.82) is 0 Å². The molecule has 0 fully saturated rings. The summed E-state index contributed by atoms with van der Waals surface area (Å²) in [5, 5.41) is 24.7. The van der Waals surface area contributed by atoms with Gasteiger partial charge in [0.2, 0.25) is 0 Å². The number of ether oxygens (including phenoxy) is 2. The second-order valence-corrected chi connectivity index (χ2v) is 6.10. The molecule has 0 heterocycles. The molecule has 4 aromatic rings. The predicted molar refractivity (Wildman–Crippen MR) is 103 cm³/mol. The van der Waals surface area contributed by atoms with Crippen LogP contribution in [-0.2, 0) is 0 Å². The van der Waals surface area contributed by atoms with E-state index in [1.54, 1.807) is 26.4 Å². The molecule has 4 rings (SSSR count). The minimum atomic E-state index is 0.133. The molecule has 0 unspecified atom stereocenters. The number of phenolic OH excluding ortho intramolecular Hbond substituents is 2. The zero-order chi connectivity index (χ0) is 18.3. The highest BCUT2D eigenvalue weighted by Crippen LogP contribution is 2.43. The van der Waals surface area contributed by atoms with Crippen LogP contribution in [0.5, 0.6) is 23.0 Å². The third kappa shape index (κ3) is 2.47. The summed E-state index contributed by atoms with van der Waals surface area (Å²) in [5.74, 6) is 1.72. The maximum Gasteiger partial charge on any atom is 0.131 e. The van der Waals surface area contributed by atoms with E-state index in [-0.39, 0.29) is 11.5 Å². The number of methoxy groups -OCH3 is 2. The van der Waals surface area contributed by atoms with Gasteiger partial charge in [0.15, 0.2) is 0 Å². The van der Waals surface area contributed by atoms with Crippen molar-refractivity contribution in [2.75, 3.05) is 14.2 Å². The Hall–Kier alpha value is -3.40. The topological polar surface area (TPSA) is 58.9 Å². The van der Waals surface area contributed by atoms with Crippen LogP contribution in [0.1, 0.15) is 0 Å². The van der Waals surface area contributed by atoms with Crippen LogP contribution in [0.4, 0.5) is 0 Å². The lowest BCUT2D eigenvalue weighted by molar-refractivity contribution is 0.415. The van der Waals surface area contributed by atoms with Gasteiger partial charge in [-0.25, -0.2) is 0 Å². The van der Waals surface area contributed by atoms with Crippen molar-refractivity contribution < 1.29 is 19.7 Å². The monoisotopic (exact) mass is 346 g/mol. The number of hydrogen-bond acceptors (Lipinski definition) is 4. The first-order chi connectivity index (χ1) is 12.6. The Labute approximate surface area is 150 Å². The molecule has 4 nitrogen and oxygen atoms in total. The molecule has 0 saturated carbocycles. The molecule has 0 saturated heterocycles. The summed E-state index contributed by atoms with van der Waals surface area (Å²) in [6.45, 7) is 0. The number of aromatic hydroxyl groups is 2. The Balaban J connectivity index is 1.92. The SMILES string of the molecule is COc1ccc2c(O)c(-c3ccc4cc(OC)ccc4c3O)ccc2c1. The Bertz CT molecular complexity index is 1040. The summed E-state index contributed by atoms with van der Waals surface area (Å²) in [4.78, 5) is 0. The van der Waals surface area contributed by atoms with Gasteiger partial charge in [-0.2, -0.15) is 0 Å². The second kappa shape index (κ2) is 6.15. The fraction of sp³-hybridized carbons (Fsp3) is 0.0909. The van der Waals surface area contributed by atoms with E-state index in [1.165, 1.54) is 0 Å². The molecule has 26 heavy (non-hydrogen) atoms. The molecule has 4 aromatic carbocycles. The molecule has 0 bridgehead atoms. The first-order valence-electron chi connectivity index (χ1n) is 8.22. The Morgan fingerprint density at radius 2 is 1.00 bits per heavy atom. The summed E-state index contributed by atoms with van der Waals surface area (Å²) >= 11 is 0. The highest BCUT2D eigenvalue weighted by molar-refractivity contribution is 6.00. The normalized spacial score (nSPS) is 11.0. The fourth-order valence-corrected chi connectivity index (χ4v) is 3.27. The van der Waals surface area contributed by atoms with Gasteiger partial charge in [0.1, 0.15) is 23.0 Å². The molecule has 0 radical (unpaired) electrons. The average molecular weight is 346 g/mol. The number of benzene rings is 4. The standard InChI is InChI=1S/C22H18O4/c1-25-15-5-9-17-13(11-15)3-7-19(21(17)23)20-8-4-14-12-16(26-2)6-10-18(14)22(20)24/h3-12,23-24H,1-2H3. The third-order valence-corrected chi connectivity index (χ3v) is 4.69.